The molecule has 0 saturated heterocycles. The second-order valence-electron chi connectivity index (χ2n) is 5.54. The van der Waals surface area contributed by atoms with Gasteiger partial charge in [0.1, 0.15) is 11.5 Å². The molecule has 1 aliphatic rings. The van der Waals surface area contributed by atoms with Crippen molar-refractivity contribution in [3.05, 3.63) is 64.2 Å². The Morgan fingerprint density at radius 1 is 1.38 bits per heavy atom. The Morgan fingerprint density at radius 2 is 2.17 bits per heavy atom. The fourth-order valence-electron chi connectivity index (χ4n) is 2.70. The lowest BCUT2D eigenvalue weighted by atomic mass is 9.81. The van der Waals surface area contributed by atoms with E-state index in [9.17, 15) is 14.0 Å². The normalized spacial score (nSPS) is 19.7. The summed E-state index contributed by atoms with van der Waals surface area (Å²) in [5.41, 5.74) is -2.25. The third kappa shape index (κ3) is 2.89. The number of ketones is 1. The van der Waals surface area contributed by atoms with Gasteiger partial charge in [-0.25, -0.2) is 8.78 Å². The molecule has 1 atom stereocenters. The van der Waals surface area contributed by atoms with Gasteiger partial charge >= 0.3 is 0 Å². The minimum atomic E-state index is -2.36. The maximum Gasteiger partial charge on any atom is 0.262 e. The van der Waals surface area contributed by atoms with E-state index in [0.29, 0.717) is 0 Å². The van der Waals surface area contributed by atoms with Crippen molar-refractivity contribution in [2.75, 3.05) is 0 Å². The lowest BCUT2D eigenvalue weighted by Gasteiger charge is -2.29. The van der Waals surface area contributed by atoms with Gasteiger partial charge in [0.05, 0.1) is 0 Å². The van der Waals surface area contributed by atoms with Crippen LogP contribution in [0.4, 0.5) is 8.78 Å². The molecule has 1 heterocycles. The van der Waals surface area contributed by atoms with Crippen LogP contribution < -0.4 is 5.32 Å². The zero-order valence-corrected chi connectivity index (χ0v) is 13.2. The van der Waals surface area contributed by atoms with Crippen molar-refractivity contribution in [1.82, 2.24) is 10.3 Å². The van der Waals surface area contributed by atoms with E-state index >= 15 is 4.39 Å². The van der Waals surface area contributed by atoms with E-state index in [1.54, 1.807) is 0 Å². The molecular formula is C17H13ClF2N2O2. The third-order valence-electron chi connectivity index (χ3n) is 4.01. The Kier molecular flexibility index (Phi) is 4.32. The van der Waals surface area contributed by atoms with Crippen LogP contribution >= 0.6 is 11.6 Å². The predicted molar refractivity (Wildman–Crippen MR) is 83.8 cm³/mol. The molecule has 1 aromatic carbocycles. The van der Waals surface area contributed by atoms with Crippen LogP contribution in [0.5, 0.6) is 0 Å². The van der Waals surface area contributed by atoms with E-state index in [4.69, 9.17) is 11.6 Å². The van der Waals surface area contributed by atoms with Gasteiger partial charge in [0.25, 0.3) is 5.91 Å². The van der Waals surface area contributed by atoms with Crippen LogP contribution in [-0.4, -0.2) is 16.7 Å². The first-order chi connectivity index (χ1) is 11.4. The van der Waals surface area contributed by atoms with Gasteiger partial charge in [0.2, 0.25) is 5.67 Å². The van der Waals surface area contributed by atoms with Gasteiger partial charge in [0, 0.05) is 41.7 Å². The standard InChI is InChI=1S/C17H13ClF2N2O2/c18-11-4-3-10(13(19)8-11)9-22-16(24)17(20)6-5-14(23)15-12(17)2-1-7-21-15/h1-4,7-8H,5-6,9H2,(H,22,24)/t17-/m0/s1. The van der Waals surface area contributed by atoms with Gasteiger partial charge in [0.15, 0.2) is 5.78 Å². The molecule has 7 heteroatoms. The number of alkyl halides is 1. The van der Waals surface area contributed by atoms with Crippen LogP contribution in [0.15, 0.2) is 36.5 Å². The number of Topliss-reactive ketones (excluding diaryl/α,β-unsaturated/α-hetero) is 1. The number of fused-ring (bicyclic) bond motifs is 1. The molecular weight excluding hydrogens is 338 g/mol. The molecule has 2 aromatic rings. The molecule has 1 aromatic heterocycles. The number of hydrogen-bond donors (Lipinski definition) is 1. The fraction of sp³-hybridized carbons (Fsp3) is 0.235. The van der Waals surface area contributed by atoms with Crippen molar-refractivity contribution in [2.45, 2.75) is 25.1 Å². The lowest BCUT2D eigenvalue weighted by molar-refractivity contribution is -0.134. The van der Waals surface area contributed by atoms with Crippen LogP contribution in [0, 0.1) is 5.82 Å². The highest BCUT2D eigenvalue weighted by Gasteiger charge is 2.46. The van der Waals surface area contributed by atoms with E-state index in [0.717, 1.165) is 6.07 Å². The third-order valence-corrected chi connectivity index (χ3v) is 4.24. The second-order valence-corrected chi connectivity index (χ2v) is 5.98. The van der Waals surface area contributed by atoms with Gasteiger partial charge in [-0.1, -0.05) is 23.7 Å². The highest BCUT2D eigenvalue weighted by Crippen LogP contribution is 2.38. The summed E-state index contributed by atoms with van der Waals surface area (Å²) < 4.78 is 29.0. The molecule has 0 radical (unpaired) electrons. The van der Waals surface area contributed by atoms with E-state index in [1.165, 1.54) is 30.5 Å². The summed E-state index contributed by atoms with van der Waals surface area (Å²) in [6.07, 6.45) is 1.01. The second kappa shape index (κ2) is 6.28. The smallest absolute Gasteiger partial charge is 0.262 e. The number of nitrogens with one attached hydrogen (secondary N) is 1. The van der Waals surface area contributed by atoms with Crippen LogP contribution in [-0.2, 0) is 17.0 Å². The minimum Gasteiger partial charge on any atom is -0.349 e. The van der Waals surface area contributed by atoms with Crippen LogP contribution in [0.25, 0.3) is 0 Å². The van der Waals surface area contributed by atoms with Crippen molar-refractivity contribution < 1.29 is 18.4 Å². The molecule has 0 fully saturated rings. The predicted octanol–water partition coefficient (Wildman–Crippen LogP) is 3.33. The summed E-state index contributed by atoms with van der Waals surface area (Å²) >= 11 is 5.67. The number of hydrogen-bond acceptors (Lipinski definition) is 3. The van der Waals surface area contributed by atoms with E-state index in [1.807, 2.05) is 0 Å². The number of rotatable bonds is 3. The summed E-state index contributed by atoms with van der Waals surface area (Å²) in [4.78, 5) is 28.1. The van der Waals surface area contributed by atoms with Gasteiger partial charge in [-0.05, 0) is 18.2 Å². The van der Waals surface area contributed by atoms with Gasteiger partial charge in [-0.2, -0.15) is 0 Å². The molecule has 3 rings (SSSR count). The number of carbonyl (C=O) groups is 2. The van der Waals surface area contributed by atoms with Crippen LogP contribution in [0.3, 0.4) is 0 Å². The first kappa shape index (κ1) is 16.5. The minimum absolute atomic E-state index is 0.0286. The van der Waals surface area contributed by atoms with Crippen molar-refractivity contribution in [3.8, 4) is 0 Å². The Labute approximate surface area is 141 Å². The first-order valence-electron chi connectivity index (χ1n) is 7.31. The lowest BCUT2D eigenvalue weighted by Crippen LogP contribution is -2.44. The van der Waals surface area contributed by atoms with Gasteiger partial charge in [-0.3, -0.25) is 14.6 Å². The summed E-state index contributed by atoms with van der Waals surface area (Å²) in [6.45, 7) is -0.183. The van der Waals surface area contributed by atoms with Crippen molar-refractivity contribution in [2.24, 2.45) is 0 Å². The summed E-state index contributed by atoms with van der Waals surface area (Å²) in [6, 6.07) is 6.87. The SMILES string of the molecule is O=C1CC[C@@](F)(C(=O)NCc2ccc(Cl)cc2F)c2cccnc21. The zero-order chi connectivity index (χ0) is 17.3. The highest BCUT2D eigenvalue weighted by molar-refractivity contribution is 6.30. The molecule has 1 N–H and O–H groups in total. The zero-order valence-electron chi connectivity index (χ0n) is 12.5. The maximum absolute atomic E-state index is 15.3. The quantitative estimate of drug-likeness (QED) is 0.923. The van der Waals surface area contributed by atoms with Gasteiger partial charge < -0.3 is 5.32 Å². The Hall–Kier alpha value is -2.34. The number of pyridine rings is 1. The number of amides is 1. The molecule has 1 amide bonds. The molecule has 0 bridgehead atoms. The molecule has 0 spiro atoms. The topological polar surface area (TPSA) is 59.1 Å². The number of halogens is 3. The van der Waals surface area contributed by atoms with E-state index < -0.39 is 17.4 Å². The molecule has 24 heavy (non-hydrogen) atoms. The first-order valence-corrected chi connectivity index (χ1v) is 7.69. The monoisotopic (exact) mass is 350 g/mol. The number of benzene rings is 1. The molecule has 1 aliphatic carbocycles. The molecule has 0 unspecified atom stereocenters. The largest absolute Gasteiger partial charge is 0.349 e. The molecule has 0 aliphatic heterocycles. The average Bonchev–Trinajstić information content (AvgIpc) is 2.57. The highest BCUT2D eigenvalue weighted by atomic mass is 35.5. The summed E-state index contributed by atoms with van der Waals surface area (Å²) in [5, 5.41) is 2.62. The summed E-state index contributed by atoms with van der Waals surface area (Å²) in [5.74, 6) is -1.80. The Bertz CT molecular complexity index is 828. The number of nitrogens with zero attached hydrogens (tertiary/aromatic N) is 1. The van der Waals surface area contributed by atoms with Crippen LogP contribution in [0.2, 0.25) is 5.02 Å². The maximum atomic E-state index is 15.3. The number of carbonyl (C=O) groups excluding carboxylic acids is 2. The Balaban J connectivity index is 1.82. The van der Waals surface area contributed by atoms with Crippen molar-refractivity contribution in [1.29, 1.82) is 0 Å². The van der Waals surface area contributed by atoms with E-state index in [2.05, 4.69) is 10.3 Å². The van der Waals surface area contributed by atoms with Crippen LogP contribution in [0.1, 0.15) is 34.5 Å². The fourth-order valence-corrected chi connectivity index (χ4v) is 2.86. The molecule has 0 saturated carbocycles. The summed E-state index contributed by atoms with van der Waals surface area (Å²) in [7, 11) is 0. The number of aromatic nitrogens is 1. The molecule has 124 valence electrons. The Morgan fingerprint density at radius 3 is 2.92 bits per heavy atom. The average molecular weight is 351 g/mol. The van der Waals surface area contributed by atoms with E-state index in [-0.39, 0.29) is 47.0 Å². The van der Waals surface area contributed by atoms with Crippen molar-refractivity contribution in [3.63, 3.8) is 0 Å². The molecule has 4 nitrogen and oxygen atoms in total. The van der Waals surface area contributed by atoms with Crippen molar-refractivity contribution >= 4 is 23.3 Å². The van der Waals surface area contributed by atoms with Gasteiger partial charge in [-0.15, -0.1) is 0 Å².